The first-order chi connectivity index (χ1) is 11.7. The first-order valence-electron chi connectivity index (χ1n) is 8.30. The van der Waals surface area contributed by atoms with Gasteiger partial charge in [-0.2, -0.15) is 18.3 Å². The summed E-state index contributed by atoms with van der Waals surface area (Å²) in [6.45, 7) is 0. The van der Waals surface area contributed by atoms with Crippen LogP contribution < -0.4 is 5.32 Å². The quantitative estimate of drug-likeness (QED) is 0.882. The second kappa shape index (κ2) is 5.70. The van der Waals surface area contributed by atoms with Gasteiger partial charge in [0.25, 0.3) is 5.91 Å². The number of carbonyl (C=O) groups is 1. The Hall–Kier alpha value is -1.61. The minimum atomic E-state index is -4.53. The van der Waals surface area contributed by atoms with Crippen molar-refractivity contribution in [3.8, 4) is 0 Å². The van der Waals surface area contributed by atoms with E-state index in [4.69, 9.17) is 0 Å². The van der Waals surface area contributed by atoms with E-state index in [-0.39, 0.29) is 17.3 Å². The predicted octanol–water partition coefficient (Wildman–Crippen LogP) is 3.01. The fraction of sp³-hybridized carbons (Fsp3) is 0.625. The number of aromatic nitrogens is 2. The molecule has 25 heavy (non-hydrogen) atoms. The lowest BCUT2D eigenvalue weighted by atomic mass is 9.98. The van der Waals surface area contributed by atoms with Gasteiger partial charge in [0.15, 0.2) is 5.69 Å². The second-order valence-corrected chi connectivity index (χ2v) is 8.02. The van der Waals surface area contributed by atoms with Gasteiger partial charge in [-0.3, -0.25) is 9.48 Å². The molecule has 136 valence electrons. The van der Waals surface area contributed by atoms with Crippen LogP contribution in [-0.2, 0) is 13.2 Å². The van der Waals surface area contributed by atoms with E-state index >= 15 is 0 Å². The lowest BCUT2D eigenvalue weighted by Gasteiger charge is -2.36. The molecular formula is C16H19F3N4OS. The predicted molar refractivity (Wildman–Crippen MR) is 88.7 cm³/mol. The van der Waals surface area contributed by atoms with E-state index in [1.165, 1.54) is 17.8 Å². The number of nitrogens with zero attached hydrogens (tertiary/aromatic N) is 3. The molecule has 4 rings (SSSR count). The second-order valence-electron chi connectivity index (χ2n) is 6.99. The average molecular weight is 372 g/mol. The standard InChI is InChI=1S/C16H19F3N4OS/c1-22-9-3-4-10(22)6-8(5-9)20-14(24)12-7-11-13(16(17,18)19)21-23(2)15(11)25-12/h7-10H,3-6H2,1-2H3,(H,20,24)/t8?,9-,10+. The molecule has 0 aliphatic carbocycles. The molecule has 9 heteroatoms. The van der Waals surface area contributed by atoms with Crippen LogP contribution >= 0.6 is 11.3 Å². The maximum Gasteiger partial charge on any atom is 0.435 e. The third-order valence-electron chi connectivity index (χ3n) is 5.44. The number of rotatable bonds is 2. The van der Waals surface area contributed by atoms with Gasteiger partial charge in [0.2, 0.25) is 0 Å². The van der Waals surface area contributed by atoms with Gasteiger partial charge in [0.05, 0.1) is 4.88 Å². The Kier molecular flexibility index (Phi) is 3.84. The highest BCUT2D eigenvalue weighted by Gasteiger charge is 2.40. The van der Waals surface area contributed by atoms with E-state index in [9.17, 15) is 18.0 Å². The third-order valence-corrected chi connectivity index (χ3v) is 6.64. The Morgan fingerprint density at radius 3 is 2.52 bits per heavy atom. The lowest BCUT2D eigenvalue weighted by Crippen LogP contribution is -2.48. The number of carbonyl (C=O) groups excluding carboxylic acids is 1. The summed E-state index contributed by atoms with van der Waals surface area (Å²) in [5.74, 6) is -0.289. The van der Waals surface area contributed by atoms with Gasteiger partial charge in [-0.05, 0) is 38.8 Å². The summed E-state index contributed by atoms with van der Waals surface area (Å²) in [6.07, 6.45) is -0.423. The van der Waals surface area contributed by atoms with Gasteiger partial charge in [0.1, 0.15) is 4.83 Å². The van der Waals surface area contributed by atoms with Gasteiger partial charge >= 0.3 is 6.18 Å². The van der Waals surface area contributed by atoms with Crippen LogP contribution in [0.2, 0.25) is 0 Å². The molecule has 2 bridgehead atoms. The molecule has 0 spiro atoms. The summed E-state index contributed by atoms with van der Waals surface area (Å²) in [7, 11) is 3.59. The lowest BCUT2D eigenvalue weighted by molar-refractivity contribution is -0.140. The Balaban J connectivity index is 1.55. The van der Waals surface area contributed by atoms with E-state index in [2.05, 4.69) is 22.4 Å². The summed E-state index contributed by atoms with van der Waals surface area (Å²) in [6, 6.07) is 2.39. The van der Waals surface area contributed by atoms with Crippen LogP contribution in [0.15, 0.2) is 6.07 Å². The van der Waals surface area contributed by atoms with E-state index < -0.39 is 11.9 Å². The fourth-order valence-electron chi connectivity index (χ4n) is 4.15. The molecule has 2 aromatic rings. The monoisotopic (exact) mass is 372 g/mol. The van der Waals surface area contributed by atoms with E-state index in [0.717, 1.165) is 37.0 Å². The molecule has 2 aliphatic heterocycles. The van der Waals surface area contributed by atoms with E-state index in [0.29, 0.717) is 21.8 Å². The van der Waals surface area contributed by atoms with Crippen LogP contribution in [-0.4, -0.2) is 45.8 Å². The number of thiophene rings is 1. The van der Waals surface area contributed by atoms with Crippen LogP contribution in [0.3, 0.4) is 0 Å². The third kappa shape index (κ3) is 2.83. The van der Waals surface area contributed by atoms with Crippen LogP contribution in [0.5, 0.6) is 0 Å². The number of piperidine rings is 1. The van der Waals surface area contributed by atoms with Crippen molar-refractivity contribution in [2.75, 3.05) is 7.05 Å². The average Bonchev–Trinajstić information content (AvgIpc) is 3.12. The summed E-state index contributed by atoms with van der Waals surface area (Å²) in [4.78, 5) is 15.6. The molecule has 4 heterocycles. The molecule has 3 atom stereocenters. The molecule has 2 fully saturated rings. The molecule has 5 nitrogen and oxygen atoms in total. The molecule has 1 N–H and O–H groups in total. The highest BCUT2D eigenvalue weighted by molar-refractivity contribution is 7.20. The highest BCUT2D eigenvalue weighted by Crippen LogP contribution is 2.38. The topological polar surface area (TPSA) is 50.2 Å². The van der Waals surface area contributed by atoms with Crippen LogP contribution in [0.25, 0.3) is 10.2 Å². The number of fused-ring (bicyclic) bond motifs is 3. The van der Waals surface area contributed by atoms with Gasteiger partial charge < -0.3 is 10.2 Å². The van der Waals surface area contributed by atoms with Crippen molar-refractivity contribution >= 4 is 27.5 Å². The molecule has 2 aromatic heterocycles. The molecule has 0 aromatic carbocycles. The molecule has 1 amide bonds. The Morgan fingerprint density at radius 1 is 1.28 bits per heavy atom. The maximum absolute atomic E-state index is 13.1. The number of hydrogen-bond acceptors (Lipinski definition) is 4. The summed E-state index contributed by atoms with van der Waals surface area (Å²) < 4.78 is 40.4. The SMILES string of the molecule is CN1[C@@H]2CC[C@H]1CC(NC(=O)c1cc3c(C(F)(F)F)nn(C)c3s1)C2. The zero-order valence-electron chi connectivity index (χ0n) is 13.9. The van der Waals surface area contributed by atoms with Crippen LogP contribution in [0.1, 0.15) is 41.0 Å². The molecule has 2 aliphatic rings. The number of halogens is 3. The van der Waals surface area contributed by atoms with Gasteiger partial charge in [-0.25, -0.2) is 0 Å². The number of nitrogens with one attached hydrogen (secondary N) is 1. The first kappa shape index (κ1) is 16.8. The van der Waals surface area contributed by atoms with Crippen molar-refractivity contribution in [1.82, 2.24) is 20.0 Å². The summed E-state index contributed by atoms with van der Waals surface area (Å²) in [5, 5.41) is 6.55. The van der Waals surface area contributed by atoms with Gasteiger partial charge in [-0.1, -0.05) is 0 Å². The first-order valence-corrected chi connectivity index (χ1v) is 9.12. The zero-order chi connectivity index (χ0) is 17.9. The Bertz CT molecular complexity index is 813. The minimum Gasteiger partial charge on any atom is -0.348 e. The number of amides is 1. The number of hydrogen-bond donors (Lipinski definition) is 1. The Labute approximate surface area is 146 Å². The van der Waals surface area contributed by atoms with Crippen LogP contribution in [0, 0.1) is 0 Å². The number of alkyl halides is 3. The summed E-state index contributed by atoms with van der Waals surface area (Å²) >= 11 is 1.05. The smallest absolute Gasteiger partial charge is 0.348 e. The Morgan fingerprint density at radius 2 is 1.92 bits per heavy atom. The molecular weight excluding hydrogens is 353 g/mol. The van der Waals surface area contributed by atoms with Crippen molar-refractivity contribution < 1.29 is 18.0 Å². The van der Waals surface area contributed by atoms with Crippen molar-refractivity contribution in [1.29, 1.82) is 0 Å². The van der Waals surface area contributed by atoms with Gasteiger partial charge in [-0.15, -0.1) is 11.3 Å². The largest absolute Gasteiger partial charge is 0.435 e. The molecule has 0 saturated carbocycles. The molecule has 1 unspecified atom stereocenters. The maximum atomic E-state index is 13.1. The number of aryl methyl sites for hydroxylation is 1. The molecule has 2 saturated heterocycles. The van der Waals surface area contributed by atoms with E-state index in [1.807, 2.05) is 0 Å². The van der Waals surface area contributed by atoms with E-state index in [1.54, 1.807) is 0 Å². The summed E-state index contributed by atoms with van der Waals surface area (Å²) in [5.41, 5.74) is -0.933. The normalized spacial score (nSPS) is 27.2. The van der Waals surface area contributed by atoms with Crippen LogP contribution in [0.4, 0.5) is 13.2 Å². The van der Waals surface area contributed by atoms with Crippen molar-refractivity contribution in [2.45, 2.75) is 50.0 Å². The van der Waals surface area contributed by atoms with Crippen molar-refractivity contribution in [2.24, 2.45) is 7.05 Å². The highest BCUT2D eigenvalue weighted by atomic mass is 32.1. The fourth-order valence-corrected chi connectivity index (χ4v) is 5.12. The van der Waals surface area contributed by atoms with Crippen molar-refractivity contribution in [3.63, 3.8) is 0 Å². The zero-order valence-corrected chi connectivity index (χ0v) is 14.7. The minimum absolute atomic E-state index is 0.00593. The van der Waals surface area contributed by atoms with Crippen molar-refractivity contribution in [3.05, 3.63) is 16.6 Å². The van der Waals surface area contributed by atoms with Gasteiger partial charge in [0, 0.05) is 30.6 Å². The molecule has 0 radical (unpaired) electrons.